The van der Waals surface area contributed by atoms with Crippen molar-refractivity contribution >= 4 is 0 Å². The Morgan fingerprint density at radius 3 is 2.71 bits per heavy atom. The lowest BCUT2D eigenvalue weighted by Crippen LogP contribution is -1.97. The van der Waals surface area contributed by atoms with Crippen molar-refractivity contribution in [1.82, 2.24) is 4.98 Å². The van der Waals surface area contributed by atoms with Crippen molar-refractivity contribution in [3.63, 3.8) is 0 Å². The zero-order valence-electron chi connectivity index (χ0n) is 9.48. The minimum atomic E-state index is -0.314. The number of hydrogen-bond acceptors (Lipinski definition) is 3. The monoisotopic (exact) mass is 232 g/mol. The number of nitrogens with two attached hydrogens (primary N) is 1. The van der Waals surface area contributed by atoms with E-state index in [1.165, 1.54) is 12.1 Å². The Kier molecular flexibility index (Phi) is 3.35. The summed E-state index contributed by atoms with van der Waals surface area (Å²) in [6, 6.07) is 8.02. The predicted molar refractivity (Wildman–Crippen MR) is 64.1 cm³/mol. The van der Waals surface area contributed by atoms with Gasteiger partial charge in [-0.1, -0.05) is 6.07 Å². The van der Waals surface area contributed by atoms with Crippen LogP contribution in [0.3, 0.4) is 0 Å². The van der Waals surface area contributed by atoms with Crippen LogP contribution in [0.25, 0.3) is 11.3 Å². The molecule has 0 saturated heterocycles. The first-order chi connectivity index (χ1) is 8.24. The van der Waals surface area contributed by atoms with Gasteiger partial charge in [0.2, 0.25) is 0 Å². The van der Waals surface area contributed by atoms with Crippen LogP contribution in [0.5, 0.6) is 5.75 Å². The second-order valence-electron chi connectivity index (χ2n) is 3.60. The SMILES string of the molecule is COc1ccc(F)cc1-c1ccc(CN)cn1. The fourth-order valence-electron chi connectivity index (χ4n) is 1.58. The highest BCUT2D eigenvalue weighted by Crippen LogP contribution is 2.29. The quantitative estimate of drug-likeness (QED) is 0.883. The fraction of sp³-hybridized carbons (Fsp3) is 0.154. The van der Waals surface area contributed by atoms with E-state index in [2.05, 4.69) is 4.98 Å². The molecule has 0 aliphatic rings. The van der Waals surface area contributed by atoms with Crippen LogP contribution < -0.4 is 10.5 Å². The van der Waals surface area contributed by atoms with Crippen LogP contribution in [0.1, 0.15) is 5.56 Å². The molecule has 88 valence electrons. The van der Waals surface area contributed by atoms with Gasteiger partial charge < -0.3 is 10.5 Å². The van der Waals surface area contributed by atoms with Gasteiger partial charge in [-0.3, -0.25) is 4.98 Å². The van der Waals surface area contributed by atoms with Crippen LogP contribution in [-0.2, 0) is 6.54 Å². The van der Waals surface area contributed by atoms with Gasteiger partial charge >= 0.3 is 0 Å². The topological polar surface area (TPSA) is 48.1 Å². The number of benzene rings is 1. The Labute approximate surface area is 99.1 Å². The van der Waals surface area contributed by atoms with Gasteiger partial charge in [0.25, 0.3) is 0 Å². The van der Waals surface area contributed by atoms with E-state index in [1.807, 2.05) is 6.07 Å². The van der Waals surface area contributed by atoms with E-state index in [0.29, 0.717) is 23.6 Å². The van der Waals surface area contributed by atoms with Gasteiger partial charge in [-0.15, -0.1) is 0 Å². The van der Waals surface area contributed by atoms with Gasteiger partial charge in [0.05, 0.1) is 12.8 Å². The van der Waals surface area contributed by atoms with Gasteiger partial charge in [0.1, 0.15) is 11.6 Å². The number of halogens is 1. The van der Waals surface area contributed by atoms with E-state index >= 15 is 0 Å². The summed E-state index contributed by atoms with van der Waals surface area (Å²) < 4.78 is 18.4. The number of pyridine rings is 1. The molecule has 0 aliphatic carbocycles. The maximum absolute atomic E-state index is 13.2. The van der Waals surface area contributed by atoms with Crippen LogP contribution >= 0.6 is 0 Å². The Bertz CT molecular complexity index is 511. The third-order valence-electron chi connectivity index (χ3n) is 2.50. The molecule has 0 radical (unpaired) electrons. The molecule has 17 heavy (non-hydrogen) atoms. The molecular formula is C13H13FN2O. The first-order valence-electron chi connectivity index (χ1n) is 5.23. The first-order valence-corrected chi connectivity index (χ1v) is 5.23. The molecule has 0 spiro atoms. The van der Waals surface area contributed by atoms with Gasteiger partial charge in [0, 0.05) is 18.3 Å². The molecule has 1 heterocycles. The summed E-state index contributed by atoms with van der Waals surface area (Å²) >= 11 is 0. The number of hydrogen-bond donors (Lipinski definition) is 1. The number of nitrogens with zero attached hydrogens (tertiary/aromatic N) is 1. The molecule has 2 rings (SSSR count). The normalized spacial score (nSPS) is 10.3. The van der Waals surface area contributed by atoms with E-state index in [9.17, 15) is 4.39 Å². The van der Waals surface area contributed by atoms with E-state index < -0.39 is 0 Å². The van der Waals surface area contributed by atoms with Crippen molar-refractivity contribution in [1.29, 1.82) is 0 Å². The van der Waals surface area contributed by atoms with Gasteiger partial charge in [-0.25, -0.2) is 4.39 Å². The molecule has 2 aromatic rings. The van der Waals surface area contributed by atoms with Crippen molar-refractivity contribution in [2.24, 2.45) is 5.73 Å². The lowest BCUT2D eigenvalue weighted by Gasteiger charge is -2.08. The van der Waals surface area contributed by atoms with E-state index in [4.69, 9.17) is 10.5 Å². The standard InChI is InChI=1S/C13H13FN2O/c1-17-13-5-3-10(14)6-11(13)12-4-2-9(7-15)8-16-12/h2-6,8H,7,15H2,1H3. The molecule has 3 nitrogen and oxygen atoms in total. The molecule has 0 atom stereocenters. The first kappa shape index (κ1) is 11.5. The summed E-state index contributed by atoms with van der Waals surface area (Å²) in [5.41, 5.74) is 7.73. The minimum Gasteiger partial charge on any atom is -0.496 e. The molecule has 0 saturated carbocycles. The lowest BCUT2D eigenvalue weighted by atomic mass is 10.1. The molecule has 4 heteroatoms. The van der Waals surface area contributed by atoms with Crippen molar-refractivity contribution in [2.45, 2.75) is 6.54 Å². The molecule has 1 aromatic heterocycles. The van der Waals surface area contributed by atoms with Crippen LogP contribution in [0.15, 0.2) is 36.5 Å². The van der Waals surface area contributed by atoms with Crippen LogP contribution in [0.4, 0.5) is 4.39 Å². The molecule has 0 amide bonds. The number of aromatic nitrogens is 1. The summed E-state index contributed by atoms with van der Waals surface area (Å²) in [5, 5.41) is 0. The van der Waals surface area contributed by atoms with E-state index in [0.717, 1.165) is 5.56 Å². The Hall–Kier alpha value is -1.94. The highest BCUT2D eigenvalue weighted by atomic mass is 19.1. The van der Waals surface area contributed by atoms with Crippen molar-refractivity contribution < 1.29 is 9.13 Å². The molecule has 0 bridgehead atoms. The van der Waals surface area contributed by atoms with E-state index in [1.54, 1.807) is 25.4 Å². The Morgan fingerprint density at radius 2 is 2.12 bits per heavy atom. The smallest absolute Gasteiger partial charge is 0.128 e. The highest BCUT2D eigenvalue weighted by Gasteiger charge is 2.08. The maximum Gasteiger partial charge on any atom is 0.128 e. The third kappa shape index (κ3) is 2.42. The predicted octanol–water partition coefficient (Wildman–Crippen LogP) is 2.36. The van der Waals surface area contributed by atoms with Crippen LogP contribution in [0, 0.1) is 5.82 Å². The molecular weight excluding hydrogens is 219 g/mol. The average molecular weight is 232 g/mol. The summed E-state index contributed by atoms with van der Waals surface area (Å²) in [4.78, 5) is 4.24. The minimum absolute atomic E-state index is 0.314. The summed E-state index contributed by atoms with van der Waals surface area (Å²) in [6.07, 6.45) is 1.68. The van der Waals surface area contributed by atoms with Gasteiger partial charge in [-0.05, 0) is 29.8 Å². The molecule has 0 aliphatic heterocycles. The molecule has 0 fully saturated rings. The van der Waals surface area contributed by atoms with Gasteiger partial charge in [-0.2, -0.15) is 0 Å². The summed E-state index contributed by atoms with van der Waals surface area (Å²) in [7, 11) is 1.55. The summed E-state index contributed by atoms with van der Waals surface area (Å²) in [5.74, 6) is 0.282. The van der Waals surface area contributed by atoms with Crippen molar-refractivity contribution in [2.75, 3.05) is 7.11 Å². The zero-order chi connectivity index (χ0) is 12.3. The third-order valence-corrected chi connectivity index (χ3v) is 2.50. The second kappa shape index (κ2) is 4.93. The van der Waals surface area contributed by atoms with Crippen LogP contribution in [0.2, 0.25) is 0 Å². The molecule has 0 unspecified atom stereocenters. The highest BCUT2D eigenvalue weighted by molar-refractivity contribution is 5.67. The maximum atomic E-state index is 13.2. The van der Waals surface area contributed by atoms with Crippen molar-refractivity contribution in [3.8, 4) is 17.0 Å². The second-order valence-corrected chi connectivity index (χ2v) is 3.60. The fourth-order valence-corrected chi connectivity index (χ4v) is 1.58. The lowest BCUT2D eigenvalue weighted by molar-refractivity contribution is 0.415. The Balaban J connectivity index is 2.47. The summed E-state index contributed by atoms with van der Waals surface area (Å²) in [6.45, 7) is 0.438. The van der Waals surface area contributed by atoms with E-state index in [-0.39, 0.29) is 5.82 Å². The number of rotatable bonds is 3. The molecule has 2 N–H and O–H groups in total. The Morgan fingerprint density at radius 1 is 1.29 bits per heavy atom. The van der Waals surface area contributed by atoms with Crippen LogP contribution in [-0.4, -0.2) is 12.1 Å². The van der Waals surface area contributed by atoms with Gasteiger partial charge in [0.15, 0.2) is 0 Å². The molecule has 1 aromatic carbocycles. The van der Waals surface area contributed by atoms with Crippen molar-refractivity contribution in [3.05, 3.63) is 47.9 Å². The average Bonchev–Trinajstić information content (AvgIpc) is 2.39. The number of ether oxygens (including phenoxy) is 1. The zero-order valence-corrected chi connectivity index (χ0v) is 9.48. The largest absolute Gasteiger partial charge is 0.496 e. The number of methoxy groups -OCH3 is 1.